The van der Waals surface area contributed by atoms with Gasteiger partial charge >= 0.3 is 5.97 Å². The van der Waals surface area contributed by atoms with E-state index in [1.165, 1.54) is 7.11 Å². The number of benzene rings is 2. The number of hydrogen-bond donors (Lipinski definition) is 0. The van der Waals surface area contributed by atoms with Gasteiger partial charge in [0, 0.05) is 11.6 Å². The molecular weight excluding hydrogens is 350 g/mol. The molecule has 1 aliphatic heterocycles. The SMILES string of the molecule is COc1cc(/C=C2\N=C(c3ccc(OC)c(OC)c3)OC2=O)cc(OC)c1. The number of esters is 1. The number of carbonyl (C=O) groups is 1. The average molecular weight is 369 g/mol. The largest absolute Gasteiger partial charge is 0.497 e. The standard InChI is InChI=1S/C20H19NO6/c1-23-14-7-12(8-15(11-14)24-2)9-16-20(22)27-19(21-16)13-5-6-17(25-3)18(10-13)26-4/h5-11H,1-4H3/b16-9-. The molecule has 2 aromatic carbocycles. The highest BCUT2D eigenvalue weighted by atomic mass is 16.6. The Hall–Kier alpha value is -3.48. The van der Waals surface area contributed by atoms with Crippen LogP contribution in [0, 0.1) is 0 Å². The molecule has 0 saturated heterocycles. The molecule has 0 radical (unpaired) electrons. The van der Waals surface area contributed by atoms with Gasteiger partial charge in [0.1, 0.15) is 11.5 Å². The second-order valence-corrected chi connectivity index (χ2v) is 5.55. The van der Waals surface area contributed by atoms with Gasteiger partial charge in [-0.25, -0.2) is 9.79 Å². The minimum atomic E-state index is -0.540. The number of methoxy groups -OCH3 is 4. The molecule has 0 atom stereocenters. The third kappa shape index (κ3) is 3.87. The number of ether oxygens (including phenoxy) is 5. The number of rotatable bonds is 6. The van der Waals surface area contributed by atoms with Gasteiger partial charge in [0.15, 0.2) is 17.2 Å². The lowest BCUT2D eigenvalue weighted by molar-refractivity contribution is -0.129. The van der Waals surface area contributed by atoms with Crippen molar-refractivity contribution in [3.8, 4) is 23.0 Å². The van der Waals surface area contributed by atoms with Crippen LogP contribution in [0.5, 0.6) is 23.0 Å². The first-order valence-electron chi connectivity index (χ1n) is 8.06. The smallest absolute Gasteiger partial charge is 0.363 e. The van der Waals surface area contributed by atoms with Gasteiger partial charge in [0.2, 0.25) is 5.90 Å². The van der Waals surface area contributed by atoms with Gasteiger partial charge in [-0.2, -0.15) is 0 Å². The van der Waals surface area contributed by atoms with Crippen molar-refractivity contribution in [1.29, 1.82) is 0 Å². The highest BCUT2D eigenvalue weighted by Crippen LogP contribution is 2.30. The third-order valence-corrected chi connectivity index (χ3v) is 3.93. The highest BCUT2D eigenvalue weighted by Gasteiger charge is 2.25. The maximum absolute atomic E-state index is 12.2. The van der Waals surface area contributed by atoms with Crippen LogP contribution in [0.4, 0.5) is 0 Å². The molecule has 3 rings (SSSR count). The second-order valence-electron chi connectivity index (χ2n) is 5.55. The number of nitrogens with zero attached hydrogens (tertiary/aromatic N) is 1. The topological polar surface area (TPSA) is 75.6 Å². The van der Waals surface area contributed by atoms with Crippen molar-refractivity contribution in [2.75, 3.05) is 28.4 Å². The Bertz CT molecular complexity index is 910. The Labute approximate surface area is 156 Å². The van der Waals surface area contributed by atoms with E-state index in [2.05, 4.69) is 4.99 Å². The average Bonchev–Trinajstić information content (AvgIpc) is 3.07. The van der Waals surface area contributed by atoms with Gasteiger partial charge in [0.05, 0.1) is 28.4 Å². The summed E-state index contributed by atoms with van der Waals surface area (Å²) >= 11 is 0. The summed E-state index contributed by atoms with van der Waals surface area (Å²) in [4.78, 5) is 16.5. The first-order valence-corrected chi connectivity index (χ1v) is 8.06. The molecule has 0 aliphatic carbocycles. The lowest BCUT2D eigenvalue weighted by Gasteiger charge is -2.08. The molecule has 7 heteroatoms. The summed E-state index contributed by atoms with van der Waals surface area (Å²) in [5.74, 6) is 1.96. The Morgan fingerprint density at radius 1 is 0.852 bits per heavy atom. The van der Waals surface area contributed by atoms with E-state index in [1.54, 1.807) is 63.8 Å². The number of carbonyl (C=O) groups excluding carboxylic acids is 1. The van der Waals surface area contributed by atoms with Crippen LogP contribution in [0.15, 0.2) is 47.1 Å². The van der Waals surface area contributed by atoms with Crippen LogP contribution < -0.4 is 18.9 Å². The maximum Gasteiger partial charge on any atom is 0.363 e. The molecule has 140 valence electrons. The van der Waals surface area contributed by atoms with Gasteiger partial charge in [-0.15, -0.1) is 0 Å². The Kier molecular flexibility index (Phi) is 5.30. The maximum atomic E-state index is 12.2. The van der Waals surface area contributed by atoms with Crippen LogP contribution in [-0.2, 0) is 9.53 Å². The minimum absolute atomic E-state index is 0.176. The van der Waals surface area contributed by atoms with E-state index in [1.807, 2.05) is 0 Å². The molecular formula is C20H19NO6. The lowest BCUT2D eigenvalue weighted by atomic mass is 10.1. The molecule has 0 fully saturated rings. The van der Waals surface area contributed by atoms with Crippen molar-refractivity contribution in [3.05, 3.63) is 53.2 Å². The van der Waals surface area contributed by atoms with E-state index in [9.17, 15) is 4.79 Å². The van der Waals surface area contributed by atoms with Crippen LogP contribution in [0.25, 0.3) is 6.08 Å². The monoisotopic (exact) mass is 369 g/mol. The Morgan fingerprint density at radius 2 is 1.52 bits per heavy atom. The van der Waals surface area contributed by atoms with E-state index >= 15 is 0 Å². The van der Waals surface area contributed by atoms with Crippen LogP contribution in [-0.4, -0.2) is 40.3 Å². The molecule has 27 heavy (non-hydrogen) atoms. The molecule has 0 N–H and O–H groups in total. The quantitative estimate of drug-likeness (QED) is 0.575. The summed E-state index contributed by atoms with van der Waals surface area (Å²) in [5.41, 5.74) is 1.48. The fourth-order valence-electron chi connectivity index (χ4n) is 2.57. The molecule has 2 aromatic rings. The Balaban J connectivity index is 1.96. The zero-order chi connectivity index (χ0) is 19.4. The predicted octanol–water partition coefficient (Wildman–Crippen LogP) is 3.07. The molecule has 0 saturated carbocycles. The zero-order valence-electron chi connectivity index (χ0n) is 15.4. The number of cyclic esters (lactones) is 1. The summed E-state index contributed by atoms with van der Waals surface area (Å²) in [5, 5.41) is 0. The van der Waals surface area contributed by atoms with E-state index in [0.717, 1.165) is 0 Å². The molecule has 0 amide bonds. The van der Waals surface area contributed by atoms with E-state index in [-0.39, 0.29) is 11.6 Å². The lowest BCUT2D eigenvalue weighted by Crippen LogP contribution is -2.06. The van der Waals surface area contributed by atoms with Crippen molar-refractivity contribution in [3.63, 3.8) is 0 Å². The fourth-order valence-corrected chi connectivity index (χ4v) is 2.57. The highest BCUT2D eigenvalue weighted by molar-refractivity contribution is 6.13. The van der Waals surface area contributed by atoms with Crippen LogP contribution in [0.1, 0.15) is 11.1 Å². The first kappa shape index (κ1) is 18.3. The molecule has 7 nitrogen and oxygen atoms in total. The molecule has 0 aromatic heterocycles. The second kappa shape index (κ2) is 7.82. The van der Waals surface area contributed by atoms with E-state index < -0.39 is 5.97 Å². The van der Waals surface area contributed by atoms with Crippen LogP contribution in [0.3, 0.4) is 0 Å². The van der Waals surface area contributed by atoms with Gasteiger partial charge < -0.3 is 23.7 Å². The van der Waals surface area contributed by atoms with Gasteiger partial charge in [-0.3, -0.25) is 0 Å². The summed E-state index contributed by atoms with van der Waals surface area (Å²) in [6.07, 6.45) is 1.61. The normalized spacial score (nSPS) is 14.6. The third-order valence-electron chi connectivity index (χ3n) is 3.93. The van der Waals surface area contributed by atoms with Crippen molar-refractivity contribution in [1.82, 2.24) is 0 Å². The van der Waals surface area contributed by atoms with Gasteiger partial charge in [-0.1, -0.05) is 0 Å². The number of hydrogen-bond acceptors (Lipinski definition) is 7. The molecule has 0 spiro atoms. The molecule has 0 bridgehead atoms. The number of aliphatic imine (C=N–C) groups is 1. The predicted molar refractivity (Wildman–Crippen MR) is 99.7 cm³/mol. The van der Waals surface area contributed by atoms with Crippen LogP contribution in [0.2, 0.25) is 0 Å². The molecule has 1 aliphatic rings. The van der Waals surface area contributed by atoms with E-state index in [4.69, 9.17) is 23.7 Å². The zero-order valence-corrected chi connectivity index (χ0v) is 15.4. The summed E-state index contributed by atoms with van der Waals surface area (Å²) in [7, 11) is 6.20. The Morgan fingerprint density at radius 3 is 2.11 bits per heavy atom. The minimum Gasteiger partial charge on any atom is -0.497 e. The van der Waals surface area contributed by atoms with Gasteiger partial charge in [-0.05, 0) is 42.0 Å². The van der Waals surface area contributed by atoms with Gasteiger partial charge in [0.25, 0.3) is 0 Å². The van der Waals surface area contributed by atoms with Crippen molar-refractivity contribution in [2.45, 2.75) is 0 Å². The first-order chi connectivity index (χ1) is 13.1. The summed E-state index contributed by atoms with van der Waals surface area (Å²) < 4.78 is 26.3. The molecule has 1 heterocycles. The summed E-state index contributed by atoms with van der Waals surface area (Å²) in [6.45, 7) is 0. The van der Waals surface area contributed by atoms with Crippen molar-refractivity contribution in [2.24, 2.45) is 4.99 Å². The van der Waals surface area contributed by atoms with Crippen molar-refractivity contribution < 1.29 is 28.5 Å². The van der Waals surface area contributed by atoms with Crippen LogP contribution >= 0.6 is 0 Å². The summed E-state index contributed by atoms with van der Waals surface area (Å²) in [6, 6.07) is 10.4. The van der Waals surface area contributed by atoms with Crippen molar-refractivity contribution >= 4 is 17.9 Å². The fraction of sp³-hybridized carbons (Fsp3) is 0.200. The molecule has 0 unspecified atom stereocenters. The van der Waals surface area contributed by atoms with E-state index in [0.29, 0.717) is 34.1 Å².